The SMILES string of the molecule is Cc1c(OCCCCOc2cccc(Cl)c2Cl)ccc(CC(C)CC=O)c1O. The average Bonchev–Trinajstić information content (AvgIpc) is 2.67. The van der Waals surface area contributed by atoms with Crippen molar-refractivity contribution in [2.45, 2.75) is 39.5 Å². The molecule has 6 heteroatoms. The molecule has 1 atom stereocenters. The van der Waals surface area contributed by atoms with Gasteiger partial charge in [0.2, 0.25) is 0 Å². The van der Waals surface area contributed by atoms with Gasteiger partial charge in [0.15, 0.2) is 0 Å². The van der Waals surface area contributed by atoms with Crippen LogP contribution in [-0.2, 0) is 11.2 Å². The van der Waals surface area contributed by atoms with Crippen molar-refractivity contribution < 1.29 is 19.4 Å². The molecule has 152 valence electrons. The van der Waals surface area contributed by atoms with Gasteiger partial charge in [-0.3, -0.25) is 0 Å². The second-order valence-electron chi connectivity index (χ2n) is 6.86. The van der Waals surface area contributed by atoms with Crippen molar-refractivity contribution in [2.75, 3.05) is 13.2 Å². The number of benzene rings is 2. The molecular weight excluding hydrogens is 399 g/mol. The summed E-state index contributed by atoms with van der Waals surface area (Å²) in [6.45, 7) is 4.87. The van der Waals surface area contributed by atoms with Crippen molar-refractivity contribution >= 4 is 29.5 Å². The number of hydrogen-bond acceptors (Lipinski definition) is 4. The van der Waals surface area contributed by atoms with E-state index in [4.69, 9.17) is 32.7 Å². The molecule has 0 radical (unpaired) electrons. The van der Waals surface area contributed by atoms with E-state index >= 15 is 0 Å². The first-order valence-electron chi connectivity index (χ1n) is 9.38. The Hall–Kier alpha value is -1.91. The van der Waals surface area contributed by atoms with Crippen LogP contribution in [-0.4, -0.2) is 24.6 Å². The third-order valence-corrected chi connectivity index (χ3v) is 5.30. The zero-order valence-electron chi connectivity index (χ0n) is 16.2. The zero-order valence-corrected chi connectivity index (χ0v) is 17.7. The Morgan fingerprint density at radius 1 is 1.07 bits per heavy atom. The van der Waals surface area contributed by atoms with E-state index < -0.39 is 0 Å². The number of phenolic OH excluding ortho intramolecular Hbond substituents is 1. The first kappa shape index (κ1) is 22.4. The Morgan fingerprint density at radius 2 is 1.75 bits per heavy atom. The minimum atomic E-state index is 0.197. The number of unbranched alkanes of at least 4 members (excludes halogenated alkanes) is 1. The Balaban J connectivity index is 1.77. The van der Waals surface area contributed by atoms with Crippen LogP contribution in [0.15, 0.2) is 30.3 Å². The number of carbonyl (C=O) groups excluding carboxylic acids is 1. The summed E-state index contributed by atoms with van der Waals surface area (Å²) in [5, 5.41) is 11.3. The predicted molar refractivity (Wildman–Crippen MR) is 113 cm³/mol. The van der Waals surface area contributed by atoms with E-state index in [0.29, 0.717) is 47.6 Å². The normalized spacial score (nSPS) is 11.9. The minimum absolute atomic E-state index is 0.197. The highest BCUT2D eigenvalue weighted by molar-refractivity contribution is 6.42. The molecule has 2 rings (SSSR count). The van der Waals surface area contributed by atoms with Gasteiger partial charge >= 0.3 is 0 Å². The fraction of sp³-hybridized carbons (Fsp3) is 0.409. The van der Waals surface area contributed by atoms with Gasteiger partial charge in [-0.1, -0.05) is 42.3 Å². The van der Waals surface area contributed by atoms with Crippen LogP contribution in [0.4, 0.5) is 0 Å². The molecular formula is C22H26Cl2O4. The van der Waals surface area contributed by atoms with E-state index in [9.17, 15) is 9.90 Å². The van der Waals surface area contributed by atoms with Crippen LogP contribution in [0.2, 0.25) is 10.0 Å². The van der Waals surface area contributed by atoms with Crippen LogP contribution in [0.3, 0.4) is 0 Å². The summed E-state index contributed by atoms with van der Waals surface area (Å²) in [7, 11) is 0. The molecule has 0 saturated heterocycles. The van der Waals surface area contributed by atoms with Gasteiger partial charge in [-0.15, -0.1) is 0 Å². The van der Waals surface area contributed by atoms with Crippen LogP contribution >= 0.6 is 23.2 Å². The number of ether oxygens (including phenoxy) is 2. The van der Waals surface area contributed by atoms with Crippen LogP contribution < -0.4 is 9.47 Å². The van der Waals surface area contributed by atoms with Crippen LogP contribution in [0, 0.1) is 12.8 Å². The summed E-state index contributed by atoms with van der Waals surface area (Å²) in [4.78, 5) is 10.6. The fourth-order valence-electron chi connectivity index (χ4n) is 2.85. The van der Waals surface area contributed by atoms with E-state index in [0.717, 1.165) is 30.3 Å². The summed E-state index contributed by atoms with van der Waals surface area (Å²) in [5.74, 6) is 1.69. The van der Waals surface area contributed by atoms with Gasteiger partial charge < -0.3 is 19.4 Å². The molecule has 1 unspecified atom stereocenters. The highest BCUT2D eigenvalue weighted by Crippen LogP contribution is 2.33. The highest BCUT2D eigenvalue weighted by atomic mass is 35.5. The lowest BCUT2D eigenvalue weighted by Crippen LogP contribution is -2.05. The molecule has 0 aromatic heterocycles. The van der Waals surface area contributed by atoms with Crippen LogP contribution in [0.1, 0.15) is 37.3 Å². The van der Waals surface area contributed by atoms with Crippen LogP contribution in [0.5, 0.6) is 17.2 Å². The Bertz CT molecular complexity index is 792. The molecule has 0 amide bonds. The number of aromatic hydroxyl groups is 1. The van der Waals surface area contributed by atoms with E-state index in [1.165, 1.54) is 0 Å². The minimum Gasteiger partial charge on any atom is -0.507 e. The van der Waals surface area contributed by atoms with Gasteiger partial charge in [0.05, 0.1) is 18.2 Å². The van der Waals surface area contributed by atoms with Crippen molar-refractivity contribution in [3.05, 3.63) is 51.5 Å². The zero-order chi connectivity index (χ0) is 20.5. The van der Waals surface area contributed by atoms with E-state index in [-0.39, 0.29) is 11.7 Å². The van der Waals surface area contributed by atoms with Gasteiger partial charge in [-0.05, 0) is 55.9 Å². The molecule has 4 nitrogen and oxygen atoms in total. The van der Waals surface area contributed by atoms with Crippen molar-refractivity contribution in [3.8, 4) is 17.2 Å². The molecule has 0 spiro atoms. The van der Waals surface area contributed by atoms with Gasteiger partial charge in [-0.2, -0.15) is 0 Å². The third kappa shape index (κ3) is 6.32. The Labute approximate surface area is 176 Å². The number of aldehydes is 1. The lowest BCUT2D eigenvalue weighted by atomic mass is 9.96. The quantitative estimate of drug-likeness (QED) is 0.354. The molecule has 0 bridgehead atoms. The summed E-state index contributed by atoms with van der Waals surface area (Å²) in [6.07, 6.45) is 3.66. The maximum absolute atomic E-state index is 10.6. The molecule has 2 aromatic carbocycles. The monoisotopic (exact) mass is 424 g/mol. The molecule has 0 aliphatic rings. The highest BCUT2D eigenvalue weighted by Gasteiger charge is 2.13. The predicted octanol–water partition coefficient (Wildman–Crippen LogP) is 6.01. The number of phenols is 1. The molecule has 0 fully saturated rings. The van der Waals surface area contributed by atoms with Gasteiger partial charge in [0.25, 0.3) is 0 Å². The molecule has 0 aliphatic carbocycles. The topological polar surface area (TPSA) is 55.8 Å². The van der Waals surface area contributed by atoms with Gasteiger partial charge in [0.1, 0.15) is 28.6 Å². The summed E-state index contributed by atoms with van der Waals surface area (Å²) < 4.78 is 11.4. The number of halogens is 2. The lowest BCUT2D eigenvalue weighted by Gasteiger charge is -2.15. The maximum Gasteiger partial charge on any atom is 0.139 e. The number of hydrogen-bond donors (Lipinski definition) is 1. The number of carbonyl (C=O) groups is 1. The third-order valence-electron chi connectivity index (χ3n) is 4.50. The number of rotatable bonds is 11. The summed E-state index contributed by atoms with van der Waals surface area (Å²) in [6, 6.07) is 9.04. The molecule has 0 saturated carbocycles. The smallest absolute Gasteiger partial charge is 0.139 e. The van der Waals surface area contributed by atoms with Crippen LogP contribution in [0.25, 0.3) is 0 Å². The van der Waals surface area contributed by atoms with E-state index in [1.807, 2.05) is 26.0 Å². The standard InChI is InChI=1S/C22H26Cl2O4/c1-15(10-11-25)14-17-8-9-19(16(2)22(17)26)27-12-3-4-13-28-20-7-5-6-18(23)21(20)24/h5-9,11,15,26H,3-4,10,12-14H2,1-2H3. The van der Waals surface area contributed by atoms with E-state index in [1.54, 1.807) is 18.2 Å². The average molecular weight is 425 g/mol. The first-order chi connectivity index (χ1) is 13.4. The van der Waals surface area contributed by atoms with Gasteiger partial charge in [0, 0.05) is 12.0 Å². The molecule has 0 aliphatic heterocycles. The van der Waals surface area contributed by atoms with Crippen molar-refractivity contribution in [1.82, 2.24) is 0 Å². The maximum atomic E-state index is 10.6. The molecule has 28 heavy (non-hydrogen) atoms. The van der Waals surface area contributed by atoms with Gasteiger partial charge in [-0.25, -0.2) is 0 Å². The van der Waals surface area contributed by atoms with Crippen molar-refractivity contribution in [2.24, 2.45) is 5.92 Å². The van der Waals surface area contributed by atoms with E-state index in [2.05, 4.69) is 0 Å². The Morgan fingerprint density at radius 3 is 2.43 bits per heavy atom. The molecule has 1 N–H and O–H groups in total. The van der Waals surface area contributed by atoms with Crippen molar-refractivity contribution in [1.29, 1.82) is 0 Å². The second-order valence-corrected chi connectivity index (χ2v) is 7.65. The second kappa shape index (κ2) is 11.2. The first-order valence-corrected chi connectivity index (χ1v) is 10.1. The Kier molecular flexibility index (Phi) is 8.94. The lowest BCUT2D eigenvalue weighted by molar-refractivity contribution is -0.108. The largest absolute Gasteiger partial charge is 0.507 e. The molecule has 2 aromatic rings. The summed E-state index contributed by atoms with van der Waals surface area (Å²) in [5.41, 5.74) is 1.56. The fourth-order valence-corrected chi connectivity index (χ4v) is 3.19. The van der Waals surface area contributed by atoms with Crippen molar-refractivity contribution in [3.63, 3.8) is 0 Å². The molecule has 0 heterocycles. The summed E-state index contributed by atoms with van der Waals surface area (Å²) >= 11 is 12.0.